The topological polar surface area (TPSA) is 111 Å². The minimum absolute atomic E-state index is 0.0378. The highest BCUT2D eigenvalue weighted by molar-refractivity contribution is 5.89. The lowest BCUT2D eigenvalue weighted by molar-refractivity contribution is -0.150. The van der Waals surface area contributed by atoms with Crippen LogP contribution in [0.25, 0.3) is 0 Å². The highest BCUT2D eigenvalue weighted by Gasteiger charge is 2.26. The average Bonchev–Trinajstić information content (AvgIpc) is 2.84. The summed E-state index contributed by atoms with van der Waals surface area (Å²) in [4.78, 5) is 48.2. The molecule has 0 aliphatic carbocycles. The Labute approximate surface area is 193 Å². The predicted octanol–water partition coefficient (Wildman–Crippen LogP) is 2.65. The number of carbonyl (C=O) groups excluding carboxylic acids is 4. The van der Waals surface area contributed by atoms with Gasteiger partial charge >= 0.3 is 11.9 Å². The maximum absolute atomic E-state index is 12.7. The fraction of sp³-hybridized carbons (Fsp3) is 0.360. The molecule has 2 N–H and O–H groups in total. The van der Waals surface area contributed by atoms with Crippen molar-refractivity contribution in [2.45, 2.75) is 57.9 Å². The van der Waals surface area contributed by atoms with E-state index in [4.69, 9.17) is 9.47 Å². The van der Waals surface area contributed by atoms with Crippen LogP contribution in [-0.2, 0) is 41.9 Å². The molecule has 0 fully saturated rings. The Kier molecular flexibility index (Phi) is 11.2. The van der Waals surface area contributed by atoms with Crippen LogP contribution >= 0.6 is 0 Å². The second kappa shape index (κ2) is 14.4. The lowest BCUT2D eigenvalue weighted by Gasteiger charge is -2.21. The smallest absolute Gasteiger partial charge is 0.328 e. The number of esters is 2. The van der Waals surface area contributed by atoms with Gasteiger partial charge in [-0.3, -0.25) is 14.4 Å². The summed E-state index contributed by atoms with van der Waals surface area (Å²) in [5, 5.41) is 5.04. The van der Waals surface area contributed by atoms with Crippen LogP contribution in [0.5, 0.6) is 0 Å². The van der Waals surface area contributed by atoms with Crippen LogP contribution in [0.4, 0.5) is 0 Å². The Morgan fingerprint density at radius 3 is 1.97 bits per heavy atom. The van der Waals surface area contributed by atoms with Crippen LogP contribution < -0.4 is 10.6 Å². The summed E-state index contributed by atoms with van der Waals surface area (Å²) in [5.74, 6) is -1.61. The molecule has 8 heteroatoms. The van der Waals surface area contributed by atoms with Gasteiger partial charge in [-0.2, -0.15) is 0 Å². The quantitative estimate of drug-likeness (QED) is 0.335. The lowest BCUT2D eigenvalue weighted by Crippen LogP contribution is -2.50. The summed E-state index contributed by atoms with van der Waals surface area (Å²) in [6.45, 7) is 2.11. The zero-order chi connectivity index (χ0) is 23.9. The Morgan fingerprint density at radius 1 is 0.848 bits per heavy atom. The highest BCUT2D eigenvalue weighted by Crippen LogP contribution is 2.08. The highest BCUT2D eigenvalue weighted by atomic mass is 16.5. The van der Waals surface area contributed by atoms with Gasteiger partial charge in [0, 0.05) is 6.42 Å². The number of ether oxygens (including phenoxy) is 2. The third-order valence-electron chi connectivity index (χ3n) is 4.87. The first-order valence-electron chi connectivity index (χ1n) is 10.9. The molecule has 2 rings (SSSR count). The van der Waals surface area contributed by atoms with Gasteiger partial charge in [0.1, 0.15) is 25.3 Å². The molecule has 0 bridgehead atoms. The largest absolute Gasteiger partial charge is 0.461 e. The number of hydrogen-bond acceptors (Lipinski definition) is 6. The van der Waals surface area contributed by atoms with Crippen molar-refractivity contribution in [3.05, 3.63) is 71.8 Å². The molecule has 0 heterocycles. The Balaban J connectivity index is 1.86. The van der Waals surface area contributed by atoms with Crippen LogP contribution in [-0.4, -0.2) is 36.3 Å². The molecule has 176 valence electrons. The summed E-state index contributed by atoms with van der Waals surface area (Å²) in [5.41, 5.74) is 1.68. The molecule has 2 aromatic rings. The van der Waals surface area contributed by atoms with Crippen molar-refractivity contribution < 1.29 is 28.7 Å². The predicted molar refractivity (Wildman–Crippen MR) is 122 cm³/mol. The standard InChI is InChI=1S/C25H30N2O6/c1-2-9-22(25(31)33-17-20-12-7-4-8-13-20)27-24(30)21(26-18-28)14-15-23(29)32-16-19-10-5-3-6-11-19/h3-8,10-13,18,21-22H,2,9,14-17H2,1H3,(H,26,28)(H,27,30). The van der Waals surface area contributed by atoms with Crippen molar-refractivity contribution in [1.29, 1.82) is 0 Å². The number of hydrogen-bond donors (Lipinski definition) is 2. The summed E-state index contributed by atoms with van der Waals surface area (Å²) >= 11 is 0. The molecule has 2 aromatic carbocycles. The van der Waals surface area contributed by atoms with E-state index in [0.717, 1.165) is 11.1 Å². The number of carbonyl (C=O) groups is 4. The van der Waals surface area contributed by atoms with Gasteiger partial charge < -0.3 is 20.1 Å². The third kappa shape index (κ3) is 9.55. The van der Waals surface area contributed by atoms with E-state index in [1.165, 1.54) is 0 Å². The fourth-order valence-corrected chi connectivity index (χ4v) is 3.08. The van der Waals surface area contributed by atoms with Crippen molar-refractivity contribution in [1.82, 2.24) is 10.6 Å². The van der Waals surface area contributed by atoms with Gasteiger partial charge in [-0.15, -0.1) is 0 Å². The van der Waals surface area contributed by atoms with E-state index in [2.05, 4.69) is 10.6 Å². The first-order chi connectivity index (χ1) is 16.0. The number of rotatable bonds is 14. The SMILES string of the molecule is CCCC(NC(=O)C(CCC(=O)OCc1ccccc1)NC=O)C(=O)OCc1ccccc1. The third-order valence-corrected chi connectivity index (χ3v) is 4.87. The maximum atomic E-state index is 12.7. The van der Waals surface area contributed by atoms with E-state index in [9.17, 15) is 19.2 Å². The molecule has 2 atom stereocenters. The number of nitrogens with one attached hydrogen (secondary N) is 2. The van der Waals surface area contributed by atoms with E-state index in [1.54, 1.807) is 0 Å². The molecule has 2 unspecified atom stereocenters. The van der Waals surface area contributed by atoms with E-state index in [1.807, 2.05) is 67.6 Å². The van der Waals surface area contributed by atoms with Gasteiger partial charge in [0.05, 0.1) is 0 Å². The first kappa shape index (κ1) is 25.6. The second-order valence-corrected chi connectivity index (χ2v) is 7.47. The van der Waals surface area contributed by atoms with Crippen molar-refractivity contribution in [2.24, 2.45) is 0 Å². The molecule has 0 spiro atoms. The fourth-order valence-electron chi connectivity index (χ4n) is 3.08. The van der Waals surface area contributed by atoms with Crippen molar-refractivity contribution in [2.75, 3.05) is 0 Å². The Hall–Kier alpha value is -3.68. The van der Waals surface area contributed by atoms with Crippen molar-refractivity contribution in [3.63, 3.8) is 0 Å². The summed E-state index contributed by atoms with van der Waals surface area (Å²) < 4.78 is 10.5. The van der Waals surface area contributed by atoms with Crippen molar-refractivity contribution in [3.8, 4) is 0 Å². The first-order valence-corrected chi connectivity index (χ1v) is 10.9. The van der Waals surface area contributed by atoms with E-state index in [0.29, 0.717) is 19.3 Å². The number of benzene rings is 2. The normalized spacial score (nSPS) is 12.2. The second-order valence-electron chi connectivity index (χ2n) is 7.47. The maximum Gasteiger partial charge on any atom is 0.328 e. The average molecular weight is 455 g/mol. The summed E-state index contributed by atoms with van der Waals surface area (Å²) in [7, 11) is 0. The van der Waals surface area contributed by atoms with Gasteiger partial charge in [0.15, 0.2) is 0 Å². The molecule has 0 aliphatic heterocycles. The van der Waals surface area contributed by atoms with Crippen LogP contribution in [0.15, 0.2) is 60.7 Å². The van der Waals surface area contributed by atoms with E-state index in [-0.39, 0.29) is 26.1 Å². The Morgan fingerprint density at radius 2 is 1.42 bits per heavy atom. The summed E-state index contributed by atoms with van der Waals surface area (Å²) in [6.07, 6.45) is 1.39. The summed E-state index contributed by atoms with van der Waals surface area (Å²) in [6, 6.07) is 16.6. The molecule has 0 saturated carbocycles. The molecule has 8 nitrogen and oxygen atoms in total. The minimum Gasteiger partial charge on any atom is -0.461 e. The van der Waals surface area contributed by atoms with Crippen LogP contribution in [0.1, 0.15) is 43.7 Å². The van der Waals surface area contributed by atoms with Gasteiger partial charge in [-0.05, 0) is 24.0 Å². The van der Waals surface area contributed by atoms with Gasteiger partial charge in [-0.25, -0.2) is 4.79 Å². The molecule has 0 radical (unpaired) electrons. The monoisotopic (exact) mass is 454 g/mol. The van der Waals surface area contributed by atoms with Crippen LogP contribution in [0.3, 0.4) is 0 Å². The molecule has 2 amide bonds. The van der Waals surface area contributed by atoms with E-state index < -0.39 is 29.9 Å². The lowest BCUT2D eigenvalue weighted by atomic mass is 10.1. The van der Waals surface area contributed by atoms with Gasteiger partial charge in [0.25, 0.3) is 0 Å². The minimum atomic E-state index is -0.979. The zero-order valence-electron chi connectivity index (χ0n) is 18.7. The van der Waals surface area contributed by atoms with Crippen molar-refractivity contribution >= 4 is 24.3 Å². The molecule has 33 heavy (non-hydrogen) atoms. The molecular formula is C25H30N2O6. The van der Waals surface area contributed by atoms with Gasteiger partial charge in [0.2, 0.25) is 12.3 Å². The van der Waals surface area contributed by atoms with Gasteiger partial charge in [-0.1, -0.05) is 74.0 Å². The van der Waals surface area contributed by atoms with Crippen LogP contribution in [0.2, 0.25) is 0 Å². The molecule has 0 saturated heterocycles. The zero-order valence-corrected chi connectivity index (χ0v) is 18.7. The molecular weight excluding hydrogens is 424 g/mol. The van der Waals surface area contributed by atoms with Crippen LogP contribution in [0, 0.1) is 0 Å². The molecule has 0 aromatic heterocycles. The van der Waals surface area contributed by atoms with E-state index >= 15 is 0 Å². The molecule has 0 aliphatic rings. The Bertz CT molecular complexity index is 888. The number of amides is 2.